The maximum absolute atomic E-state index is 9.18. The van der Waals surface area contributed by atoms with Gasteiger partial charge < -0.3 is 5.11 Å². The molecule has 1 heterocycles. The second kappa shape index (κ2) is 1.68. The number of hydrogen-bond donors (Lipinski definition) is 1. The van der Waals surface area contributed by atoms with Gasteiger partial charge in [-0.3, -0.25) is 0 Å². The highest BCUT2D eigenvalue weighted by Gasteiger charge is 2.41. The van der Waals surface area contributed by atoms with E-state index in [-0.39, 0.29) is 5.60 Å². The minimum Gasteiger partial charge on any atom is -0.363 e. The summed E-state index contributed by atoms with van der Waals surface area (Å²) in [5.41, 5.74) is -0.344. The topological polar surface area (TPSA) is 38.7 Å². The highest BCUT2D eigenvalue weighted by atomic mass is 17.2. The lowest BCUT2D eigenvalue weighted by Gasteiger charge is -2.12. The Bertz CT molecular complexity index is 103. The van der Waals surface area contributed by atoms with E-state index in [1.54, 1.807) is 6.92 Å². The van der Waals surface area contributed by atoms with Gasteiger partial charge in [0.05, 0.1) is 0 Å². The second-order valence-corrected chi connectivity index (χ2v) is 3.28. The van der Waals surface area contributed by atoms with Crippen LogP contribution in [0.3, 0.4) is 0 Å². The van der Waals surface area contributed by atoms with E-state index in [2.05, 4.69) is 4.89 Å². The molecule has 1 saturated heterocycles. The van der Waals surface area contributed by atoms with Crippen LogP contribution < -0.4 is 0 Å². The fraction of sp³-hybridized carbons (Fsp3) is 1.00. The van der Waals surface area contributed by atoms with E-state index in [4.69, 9.17) is 4.89 Å². The molecule has 0 aromatic carbocycles. The molecule has 9 heavy (non-hydrogen) atoms. The van der Waals surface area contributed by atoms with E-state index in [9.17, 15) is 5.11 Å². The molecule has 1 aliphatic rings. The highest BCUT2D eigenvalue weighted by molar-refractivity contribution is 4.78. The van der Waals surface area contributed by atoms with Gasteiger partial charge in [0.2, 0.25) is 0 Å². The number of rotatable bonds is 0. The molecule has 0 aromatic rings. The Hall–Kier alpha value is -0.120. The standard InChI is InChI=1S/C6H12O3/c1-5(2)4-6(3,7)9-8-5/h7H,4H2,1-3H3. The van der Waals surface area contributed by atoms with Gasteiger partial charge in [-0.05, 0) is 20.8 Å². The zero-order valence-corrected chi connectivity index (χ0v) is 5.97. The van der Waals surface area contributed by atoms with Gasteiger partial charge in [-0.1, -0.05) is 0 Å². The van der Waals surface area contributed by atoms with Crippen LogP contribution in [0.25, 0.3) is 0 Å². The fourth-order valence-electron chi connectivity index (χ4n) is 1.05. The van der Waals surface area contributed by atoms with Crippen molar-refractivity contribution in [3.8, 4) is 0 Å². The Labute approximate surface area is 54.5 Å². The lowest BCUT2D eigenvalue weighted by Crippen LogP contribution is -2.24. The van der Waals surface area contributed by atoms with Crippen LogP contribution >= 0.6 is 0 Å². The molecular weight excluding hydrogens is 120 g/mol. The molecule has 1 unspecified atom stereocenters. The molecular formula is C6H12O3. The van der Waals surface area contributed by atoms with Crippen molar-refractivity contribution >= 4 is 0 Å². The van der Waals surface area contributed by atoms with Crippen LogP contribution in [0.5, 0.6) is 0 Å². The van der Waals surface area contributed by atoms with Crippen molar-refractivity contribution in [2.45, 2.75) is 38.6 Å². The third kappa shape index (κ3) is 1.64. The fourth-order valence-corrected chi connectivity index (χ4v) is 1.05. The number of aliphatic hydroxyl groups is 1. The Morgan fingerprint density at radius 1 is 1.22 bits per heavy atom. The maximum Gasteiger partial charge on any atom is 0.199 e. The molecule has 3 heteroatoms. The van der Waals surface area contributed by atoms with E-state index in [1.807, 2.05) is 13.8 Å². The van der Waals surface area contributed by atoms with Crippen molar-refractivity contribution in [3.05, 3.63) is 0 Å². The van der Waals surface area contributed by atoms with Gasteiger partial charge in [0.25, 0.3) is 0 Å². The summed E-state index contributed by atoms with van der Waals surface area (Å²) in [5, 5.41) is 9.18. The van der Waals surface area contributed by atoms with Crippen molar-refractivity contribution in [3.63, 3.8) is 0 Å². The third-order valence-electron chi connectivity index (χ3n) is 1.20. The largest absolute Gasteiger partial charge is 0.363 e. The quantitative estimate of drug-likeness (QED) is 0.496. The Kier molecular flexibility index (Phi) is 1.31. The van der Waals surface area contributed by atoms with Crippen LogP contribution in [-0.4, -0.2) is 16.5 Å². The number of hydrogen-bond acceptors (Lipinski definition) is 3. The second-order valence-electron chi connectivity index (χ2n) is 3.28. The maximum atomic E-state index is 9.18. The summed E-state index contributed by atoms with van der Waals surface area (Å²) in [4.78, 5) is 9.42. The van der Waals surface area contributed by atoms with Crippen molar-refractivity contribution in [1.29, 1.82) is 0 Å². The summed E-state index contributed by atoms with van der Waals surface area (Å²) in [6.07, 6.45) is 0.514. The molecule has 0 spiro atoms. The van der Waals surface area contributed by atoms with E-state index in [0.717, 1.165) is 0 Å². The summed E-state index contributed by atoms with van der Waals surface area (Å²) >= 11 is 0. The molecule has 0 saturated carbocycles. The molecule has 1 rings (SSSR count). The molecule has 0 aliphatic carbocycles. The molecule has 0 bridgehead atoms. The summed E-state index contributed by atoms with van der Waals surface area (Å²) < 4.78 is 0. The van der Waals surface area contributed by atoms with E-state index in [1.165, 1.54) is 0 Å². The lowest BCUT2D eigenvalue weighted by atomic mass is 10.0. The summed E-state index contributed by atoms with van der Waals surface area (Å²) in [5.74, 6) is -1.09. The van der Waals surface area contributed by atoms with Gasteiger partial charge in [0, 0.05) is 6.42 Å². The van der Waals surface area contributed by atoms with Crippen molar-refractivity contribution in [2.75, 3.05) is 0 Å². The first kappa shape index (κ1) is 6.99. The molecule has 3 nitrogen and oxygen atoms in total. The zero-order valence-electron chi connectivity index (χ0n) is 5.97. The first-order chi connectivity index (χ1) is 3.91. The van der Waals surface area contributed by atoms with Gasteiger partial charge in [-0.2, -0.15) is 0 Å². The zero-order chi connectivity index (χ0) is 7.12. The average Bonchev–Trinajstić information content (AvgIpc) is 1.78. The predicted molar refractivity (Wildman–Crippen MR) is 31.5 cm³/mol. The van der Waals surface area contributed by atoms with Crippen LogP contribution in [0.15, 0.2) is 0 Å². The average molecular weight is 132 g/mol. The van der Waals surface area contributed by atoms with Crippen LogP contribution in [0.1, 0.15) is 27.2 Å². The molecule has 1 atom stereocenters. The van der Waals surface area contributed by atoms with Gasteiger partial charge in [-0.25, -0.2) is 9.78 Å². The summed E-state index contributed by atoms with van der Waals surface area (Å²) in [6.45, 7) is 5.32. The lowest BCUT2D eigenvalue weighted by molar-refractivity contribution is -0.384. The van der Waals surface area contributed by atoms with Gasteiger partial charge >= 0.3 is 0 Å². The van der Waals surface area contributed by atoms with E-state index >= 15 is 0 Å². The van der Waals surface area contributed by atoms with Crippen LogP contribution in [-0.2, 0) is 9.78 Å². The summed E-state index contributed by atoms with van der Waals surface area (Å²) in [7, 11) is 0. The van der Waals surface area contributed by atoms with Crippen LogP contribution in [0.4, 0.5) is 0 Å². The van der Waals surface area contributed by atoms with Crippen LogP contribution in [0.2, 0.25) is 0 Å². The van der Waals surface area contributed by atoms with Gasteiger partial charge in [0.15, 0.2) is 5.79 Å². The molecule has 0 aromatic heterocycles. The molecule has 1 N–H and O–H groups in total. The molecule has 1 fully saturated rings. The van der Waals surface area contributed by atoms with Gasteiger partial charge in [-0.15, -0.1) is 0 Å². The smallest absolute Gasteiger partial charge is 0.199 e. The monoisotopic (exact) mass is 132 g/mol. The third-order valence-corrected chi connectivity index (χ3v) is 1.20. The molecule has 0 radical (unpaired) electrons. The highest BCUT2D eigenvalue weighted by Crippen LogP contribution is 2.32. The predicted octanol–water partition coefficient (Wildman–Crippen LogP) is 0.825. The molecule has 54 valence electrons. The Morgan fingerprint density at radius 3 is 1.89 bits per heavy atom. The summed E-state index contributed by atoms with van der Waals surface area (Å²) in [6, 6.07) is 0. The first-order valence-electron chi connectivity index (χ1n) is 3.01. The first-order valence-corrected chi connectivity index (χ1v) is 3.01. The van der Waals surface area contributed by atoms with Crippen molar-refractivity contribution < 1.29 is 14.9 Å². The molecule has 0 amide bonds. The van der Waals surface area contributed by atoms with Crippen LogP contribution in [0, 0.1) is 0 Å². The molecule has 1 aliphatic heterocycles. The van der Waals surface area contributed by atoms with E-state index < -0.39 is 5.79 Å². The van der Waals surface area contributed by atoms with Crippen molar-refractivity contribution in [1.82, 2.24) is 0 Å². The minimum atomic E-state index is -1.09. The minimum absolute atomic E-state index is 0.344. The van der Waals surface area contributed by atoms with E-state index in [0.29, 0.717) is 6.42 Å². The SMILES string of the molecule is CC1(C)CC(C)(O)OO1. The van der Waals surface area contributed by atoms with Crippen molar-refractivity contribution in [2.24, 2.45) is 0 Å². The normalized spacial score (nSPS) is 41.3. The van der Waals surface area contributed by atoms with Gasteiger partial charge in [0.1, 0.15) is 5.60 Å². The Morgan fingerprint density at radius 2 is 1.78 bits per heavy atom. The Balaban J connectivity index is 2.58.